The summed E-state index contributed by atoms with van der Waals surface area (Å²) in [6.07, 6.45) is 0.872. The van der Waals surface area contributed by atoms with Crippen LogP contribution in [0.3, 0.4) is 0 Å². The summed E-state index contributed by atoms with van der Waals surface area (Å²) in [6.45, 7) is 1.48. The molecule has 0 radical (unpaired) electrons. The van der Waals surface area contributed by atoms with Gasteiger partial charge in [-0.25, -0.2) is 13.2 Å². The van der Waals surface area contributed by atoms with Crippen molar-refractivity contribution in [3.63, 3.8) is 0 Å². The molecule has 0 saturated heterocycles. The van der Waals surface area contributed by atoms with E-state index in [1.54, 1.807) is 18.2 Å². The monoisotopic (exact) mass is 436 g/mol. The third-order valence-electron chi connectivity index (χ3n) is 4.48. The Morgan fingerprint density at radius 3 is 2.52 bits per heavy atom. The molecule has 9 heteroatoms. The fraction of sp³-hybridized carbons (Fsp3) is 0.300. The van der Waals surface area contributed by atoms with E-state index >= 15 is 0 Å². The molecule has 1 unspecified atom stereocenters. The summed E-state index contributed by atoms with van der Waals surface area (Å²) in [4.78, 5) is 24.3. The molecular formula is C20H21ClN2O5S. The Morgan fingerprint density at radius 2 is 1.86 bits per heavy atom. The molecule has 1 saturated carbocycles. The van der Waals surface area contributed by atoms with E-state index in [0.29, 0.717) is 10.7 Å². The maximum atomic E-state index is 12.9. The summed E-state index contributed by atoms with van der Waals surface area (Å²) >= 11 is 5.95. The average Bonchev–Trinajstić information content (AvgIpc) is 3.51. The maximum Gasteiger partial charge on any atom is 0.338 e. The minimum atomic E-state index is -3.93. The molecule has 2 aromatic rings. The second-order valence-corrected chi connectivity index (χ2v) is 9.22. The minimum absolute atomic E-state index is 0.0386. The molecule has 0 aromatic heterocycles. The number of nitrogens with one attached hydrogen (secondary N) is 1. The Hall–Kier alpha value is -2.58. The molecule has 0 spiro atoms. The molecule has 0 bridgehead atoms. The van der Waals surface area contributed by atoms with E-state index in [4.69, 9.17) is 16.3 Å². The predicted molar refractivity (Wildman–Crippen MR) is 110 cm³/mol. The molecule has 1 aliphatic rings. The number of sulfonamides is 1. The molecule has 1 N–H and O–H groups in total. The number of benzene rings is 2. The van der Waals surface area contributed by atoms with Crippen molar-refractivity contribution in [3.8, 4) is 0 Å². The van der Waals surface area contributed by atoms with Crippen LogP contribution in [0.15, 0.2) is 53.4 Å². The number of esters is 1. The van der Waals surface area contributed by atoms with Crippen molar-refractivity contribution < 1.29 is 22.7 Å². The Kier molecular flexibility index (Phi) is 6.14. The molecule has 1 fully saturated rings. The van der Waals surface area contributed by atoms with E-state index in [2.05, 4.69) is 5.32 Å². The first-order valence-corrected chi connectivity index (χ1v) is 10.9. The molecule has 154 valence electrons. The molecule has 3 rings (SSSR count). The molecule has 1 amide bonds. The largest absolute Gasteiger partial charge is 0.449 e. The second-order valence-electron chi connectivity index (χ2n) is 6.81. The van der Waals surface area contributed by atoms with E-state index < -0.39 is 22.1 Å². The van der Waals surface area contributed by atoms with E-state index in [0.717, 1.165) is 17.1 Å². The van der Waals surface area contributed by atoms with Crippen LogP contribution in [0.5, 0.6) is 0 Å². The van der Waals surface area contributed by atoms with E-state index in [1.807, 2.05) is 0 Å². The van der Waals surface area contributed by atoms with Gasteiger partial charge >= 0.3 is 5.97 Å². The highest BCUT2D eigenvalue weighted by atomic mass is 35.5. The molecule has 1 aliphatic carbocycles. The first-order chi connectivity index (χ1) is 13.7. The zero-order valence-electron chi connectivity index (χ0n) is 16.0. The van der Waals surface area contributed by atoms with Gasteiger partial charge < -0.3 is 10.1 Å². The molecule has 0 heterocycles. The van der Waals surface area contributed by atoms with Gasteiger partial charge in [0.25, 0.3) is 15.9 Å². The SMILES string of the molecule is CC(OC(=O)c1cccc(S(=O)(=O)N(C)c2cccc(Cl)c2)c1)C(=O)NC1CC1. The Bertz CT molecular complexity index is 1040. The summed E-state index contributed by atoms with van der Waals surface area (Å²) in [5.41, 5.74) is 0.424. The average molecular weight is 437 g/mol. The fourth-order valence-corrected chi connectivity index (χ4v) is 4.00. The number of anilines is 1. The third kappa shape index (κ3) is 5.07. The lowest BCUT2D eigenvalue weighted by Gasteiger charge is -2.20. The van der Waals surface area contributed by atoms with Gasteiger partial charge in [0.15, 0.2) is 6.10 Å². The van der Waals surface area contributed by atoms with Crippen LogP contribution < -0.4 is 9.62 Å². The lowest BCUT2D eigenvalue weighted by Crippen LogP contribution is -2.37. The van der Waals surface area contributed by atoms with Crippen LogP contribution in [-0.4, -0.2) is 39.5 Å². The van der Waals surface area contributed by atoms with Gasteiger partial charge in [-0.05, 0) is 56.2 Å². The van der Waals surface area contributed by atoms with Crippen molar-refractivity contribution in [1.29, 1.82) is 0 Å². The fourth-order valence-electron chi connectivity index (χ4n) is 2.58. The molecule has 2 aromatic carbocycles. The number of carbonyl (C=O) groups is 2. The normalized spacial score (nSPS) is 14.7. The molecular weight excluding hydrogens is 416 g/mol. The van der Waals surface area contributed by atoms with Gasteiger partial charge in [-0.2, -0.15) is 0 Å². The van der Waals surface area contributed by atoms with Crippen molar-refractivity contribution in [2.45, 2.75) is 36.8 Å². The van der Waals surface area contributed by atoms with E-state index in [1.165, 1.54) is 44.3 Å². The number of nitrogens with zero attached hydrogens (tertiary/aromatic N) is 1. The lowest BCUT2D eigenvalue weighted by atomic mass is 10.2. The van der Waals surface area contributed by atoms with Gasteiger partial charge in [-0.15, -0.1) is 0 Å². The second kappa shape index (κ2) is 8.42. The van der Waals surface area contributed by atoms with Gasteiger partial charge in [0, 0.05) is 18.1 Å². The van der Waals surface area contributed by atoms with Crippen LogP contribution in [-0.2, 0) is 19.6 Å². The van der Waals surface area contributed by atoms with Crippen molar-refractivity contribution in [2.24, 2.45) is 0 Å². The van der Waals surface area contributed by atoms with Gasteiger partial charge in [-0.3, -0.25) is 9.10 Å². The summed E-state index contributed by atoms with van der Waals surface area (Å²) in [6, 6.07) is 12.1. The highest BCUT2D eigenvalue weighted by Gasteiger charge is 2.28. The predicted octanol–water partition coefficient (Wildman–Crippen LogP) is 2.99. The molecule has 29 heavy (non-hydrogen) atoms. The summed E-state index contributed by atoms with van der Waals surface area (Å²) in [5, 5.41) is 3.16. The highest BCUT2D eigenvalue weighted by molar-refractivity contribution is 7.92. The number of halogens is 1. The number of ether oxygens (including phenoxy) is 1. The summed E-state index contributed by atoms with van der Waals surface area (Å²) in [7, 11) is -2.53. The zero-order chi connectivity index (χ0) is 21.2. The number of rotatable bonds is 7. The molecule has 0 aliphatic heterocycles. The van der Waals surface area contributed by atoms with Crippen LogP contribution in [0.4, 0.5) is 5.69 Å². The van der Waals surface area contributed by atoms with Gasteiger partial charge in [-0.1, -0.05) is 23.7 Å². The zero-order valence-corrected chi connectivity index (χ0v) is 17.5. The van der Waals surface area contributed by atoms with E-state index in [9.17, 15) is 18.0 Å². The quantitative estimate of drug-likeness (QED) is 0.673. The number of amides is 1. The van der Waals surface area contributed by atoms with Crippen LogP contribution in [0.2, 0.25) is 5.02 Å². The van der Waals surface area contributed by atoms with Crippen molar-refractivity contribution in [2.75, 3.05) is 11.4 Å². The van der Waals surface area contributed by atoms with Gasteiger partial charge in [0.2, 0.25) is 0 Å². The lowest BCUT2D eigenvalue weighted by molar-refractivity contribution is -0.129. The van der Waals surface area contributed by atoms with Crippen LogP contribution in [0.1, 0.15) is 30.1 Å². The highest BCUT2D eigenvalue weighted by Crippen LogP contribution is 2.25. The number of hydrogen-bond acceptors (Lipinski definition) is 5. The number of carbonyl (C=O) groups excluding carboxylic acids is 2. The van der Waals surface area contributed by atoms with Crippen molar-refractivity contribution >= 4 is 39.2 Å². The standard InChI is InChI=1S/C20H21ClN2O5S/c1-13(19(24)22-16-9-10-16)28-20(25)14-5-3-8-18(11-14)29(26,27)23(2)17-7-4-6-15(21)12-17/h3-8,11-13,16H,9-10H2,1-2H3,(H,22,24). The molecule has 7 nitrogen and oxygen atoms in total. The van der Waals surface area contributed by atoms with Crippen molar-refractivity contribution in [3.05, 3.63) is 59.1 Å². The Morgan fingerprint density at radius 1 is 1.17 bits per heavy atom. The smallest absolute Gasteiger partial charge is 0.338 e. The van der Waals surface area contributed by atoms with E-state index in [-0.39, 0.29) is 22.4 Å². The minimum Gasteiger partial charge on any atom is -0.449 e. The first kappa shape index (κ1) is 21.1. The van der Waals surface area contributed by atoms with Crippen LogP contribution in [0.25, 0.3) is 0 Å². The summed E-state index contributed by atoms with van der Waals surface area (Å²) in [5.74, 6) is -1.14. The van der Waals surface area contributed by atoms with Crippen molar-refractivity contribution in [1.82, 2.24) is 5.32 Å². The Labute approximate surface area is 174 Å². The summed E-state index contributed by atoms with van der Waals surface area (Å²) < 4.78 is 32.1. The van der Waals surface area contributed by atoms with Crippen LogP contribution in [0, 0.1) is 0 Å². The third-order valence-corrected chi connectivity index (χ3v) is 6.49. The van der Waals surface area contributed by atoms with Gasteiger partial charge in [0.1, 0.15) is 0 Å². The topological polar surface area (TPSA) is 92.8 Å². The Balaban J connectivity index is 1.77. The maximum absolute atomic E-state index is 12.9. The number of hydrogen-bond donors (Lipinski definition) is 1. The molecule has 1 atom stereocenters. The van der Waals surface area contributed by atoms with Crippen LogP contribution >= 0.6 is 11.6 Å². The van der Waals surface area contributed by atoms with Gasteiger partial charge in [0.05, 0.1) is 16.1 Å². The first-order valence-electron chi connectivity index (χ1n) is 9.04.